The van der Waals surface area contributed by atoms with Crippen molar-refractivity contribution in [3.8, 4) is 0 Å². The van der Waals surface area contributed by atoms with Gasteiger partial charge in [-0.15, -0.1) is 0 Å². The summed E-state index contributed by atoms with van der Waals surface area (Å²) < 4.78 is 0. The summed E-state index contributed by atoms with van der Waals surface area (Å²) in [7, 11) is 0. The molecule has 0 aromatic rings. The Morgan fingerprint density at radius 2 is 1.67 bits per heavy atom. The molecular weight excluding hydrogens is 156 g/mol. The largest absolute Gasteiger partial charge is 0.481 e. The Morgan fingerprint density at radius 1 is 1.17 bits per heavy atom. The number of carboxylic acids is 1. The molecule has 0 aromatic heterocycles. The zero-order valence-corrected chi connectivity index (χ0v) is 7.25. The van der Waals surface area contributed by atoms with Crippen LogP contribution in [0.3, 0.4) is 0 Å². The topological polar surface area (TPSA) is 54.4 Å². The third-order valence-electron chi connectivity index (χ3n) is 2.61. The van der Waals surface area contributed by atoms with E-state index >= 15 is 0 Å². The van der Waals surface area contributed by atoms with E-state index in [-0.39, 0.29) is 11.7 Å². The molecule has 0 amide bonds. The number of carbonyl (C=O) groups excluding carboxylic acids is 1. The first kappa shape index (κ1) is 9.23. The third-order valence-corrected chi connectivity index (χ3v) is 2.61. The highest BCUT2D eigenvalue weighted by Gasteiger charge is 2.33. The predicted octanol–water partition coefficient (Wildman–Crippen LogP) is 1.47. The zero-order valence-electron chi connectivity index (χ0n) is 7.25. The third kappa shape index (κ3) is 1.84. The molecule has 2 atom stereocenters. The molecule has 3 nitrogen and oxygen atoms in total. The summed E-state index contributed by atoms with van der Waals surface area (Å²) in [5.41, 5.74) is 0. The van der Waals surface area contributed by atoms with Gasteiger partial charge in [0.15, 0.2) is 0 Å². The van der Waals surface area contributed by atoms with Gasteiger partial charge in [0.05, 0.1) is 5.92 Å². The lowest BCUT2D eigenvalue weighted by Crippen LogP contribution is -2.31. The van der Waals surface area contributed by atoms with Gasteiger partial charge in [-0.1, -0.05) is 12.8 Å². The van der Waals surface area contributed by atoms with Crippen molar-refractivity contribution in [3.63, 3.8) is 0 Å². The Bertz CT molecular complexity index is 176. The minimum absolute atomic E-state index is 0.0297. The van der Waals surface area contributed by atoms with E-state index in [1.54, 1.807) is 0 Å². The molecule has 0 spiro atoms. The van der Waals surface area contributed by atoms with Crippen molar-refractivity contribution in [2.45, 2.75) is 32.6 Å². The SMILES string of the molecule is CC(=O)C1CCCC[C@@H]1C(=O)O. The average Bonchev–Trinajstić information content (AvgIpc) is 2.04. The van der Waals surface area contributed by atoms with E-state index in [2.05, 4.69) is 0 Å². The number of ketones is 1. The molecule has 68 valence electrons. The second kappa shape index (κ2) is 3.70. The fourth-order valence-electron chi connectivity index (χ4n) is 1.91. The normalized spacial score (nSPS) is 29.8. The highest BCUT2D eigenvalue weighted by molar-refractivity contribution is 5.84. The summed E-state index contributed by atoms with van der Waals surface area (Å²) in [6.07, 6.45) is 3.36. The van der Waals surface area contributed by atoms with Crippen LogP contribution in [-0.2, 0) is 9.59 Å². The lowest BCUT2D eigenvalue weighted by atomic mass is 9.77. The van der Waals surface area contributed by atoms with Crippen LogP contribution in [0.5, 0.6) is 0 Å². The molecular formula is C9H14O3. The molecule has 0 radical (unpaired) electrons. The van der Waals surface area contributed by atoms with Crippen LogP contribution in [0.15, 0.2) is 0 Å². The van der Waals surface area contributed by atoms with Gasteiger partial charge in [-0.3, -0.25) is 9.59 Å². The Hall–Kier alpha value is -0.860. The summed E-state index contributed by atoms with van der Waals surface area (Å²) >= 11 is 0. The lowest BCUT2D eigenvalue weighted by Gasteiger charge is -2.25. The minimum atomic E-state index is -0.810. The van der Waals surface area contributed by atoms with Crippen LogP contribution in [0, 0.1) is 11.8 Å². The molecule has 1 unspecified atom stereocenters. The number of carbonyl (C=O) groups is 2. The molecule has 0 heterocycles. The quantitative estimate of drug-likeness (QED) is 0.682. The zero-order chi connectivity index (χ0) is 9.14. The maximum absolute atomic E-state index is 11.1. The van der Waals surface area contributed by atoms with Crippen LogP contribution in [0.25, 0.3) is 0 Å². The van der Waals surface area contributed by atoms with Gasteiger partial charge in [0.1, 0.15) is 5.78 Å². The fraction of sp³-hybridized carbons (Fsp3) is 0.778. The van der Waals surface area contributed by atoms with Crippen molar-refractivity contribution in [1.82, 2.24) is 0 Å². The Kier molecular flexibility index (Phi) is 2.84. The van der Waals surface area contributed by atoms with Gasteiger partial charge in [0.25, 0.3) is 0 Å². The van der Waals surface area contributed by atoms with Gasteiger partial charge in [0.2, 0.25) is 0 Å². The predicted molar refractivity (Wildman–Crippen MR) is 43.8 cm³/mol. The molecule has 1 fully saturated rings. The van der Waals surface area contributed by atoms with Gasteiger partial charge >= 0.3 is 5.97 Å². The molecule has 3 heteroatoms. The molecule has 1 aliphatic rings. The van der Waals surface area contributed by atoms with E-state index in [0.717, 1.165) is 19.3 Å². The van der Waals surface area contributed by atoms with E-state index < -0.39 is 11.9 Å². The van der Waals surface area contributed by atoms with Crippen LogP contribution in [0.4, 0.5) is 0 Å². The summed E-state index contributed by atoms with van der Waals surface area (Å²) in [6, 6.07) is 0. The van der Waals surface area contributed by atoms with Gasteiger partial charge in [0, 0.05) is 5.92 Å². The summed E-state index contributed by atoms with van der Waals surface area (Å²) in [5, 5.41) is 8.81. The van der Waals surface area contributed by atoms with Crippen molar-refractivity contribution in [2.24, 2.45) is 11.8 Å². The first-order valence-electron chi connectivity index (χ1n) is 4.36. The van der Waals surface area contributed by atoms with Crippen LogP contribution in [0.1, 0.15) is 32.6 Å². The standard InChI is InChI=1S/C9H14O3/c1-6(10)7-4-2-3-5-8(7)9(11)12/h7-8H,2-5H2,1H3,(H,11,12)/t7?,8-/m0/s1. The second-order valence-corrected chi connectivity index (χ2v) is 3.45. The van der Waals surface area contributed by atoms with Gasteiger partial charge in [-0.2, -0.15) is 0 Å². The maximum Gasteiger partial charge on any atom is 0.307 e. The van der Waals surface area contributed by atoms with Crippen LogP contribution < -0.4 is 0 Å². The molecule has 12 heavy (non-hydrogen) atoms. The summed E-state index contributed by atoms with van der Waals surface area (Å²) in [4.78, 5) is 21.8. The minimum Gasteiger partial charge on any atom is -0.481 e. The average molecular weight is 170 g/mol. The molecule has 1 rings (SSSR count). The molecule has 0 saturated heterocycles. The maximum atomic E-state index is 11.1. The van der Waals surface area contributed by atoms with Crippen molar-refractivity contribution >= 4 is 11.8 Å². The van der Waals surface area contributed by atoms with E-state index in [4.69, 9.17) is 5.11 Å². The number of carboxylic acid groups (broad SMARTS) is 1. The van der Waals surface area contributed by atoms with Gasteiger partial charge in [-0.25, -0.2) is 0 Å². The van der Waals surface area contributed by atoms with E-state index in [0.29, 0.717) is 6.42 Å². The van der Waals surface area contributed by atoms with Gasteiger partial charge in [-0.05, 0) is 19.8 Å². The molecule has 1 N–H and O–H groups in total. The van der Waals surface area contributed by atoms with Crippen molar-refractivity contribution in [1.29, 1.82) is 0 Å². The Labute approximate surface area is 71.8 Å². The van der Waals surface area contributed by atoms with E-state index in [1.807, 2.05) is 0 Å². The smallest absolute Gasteiger partial charge is 0.307 e. The van der Waals surface area contributed by atoms with Crippen molar-refractivity contribution in [3.05, 3.63) is 0 Å². The van der Waals surface area contributed by atoms with Gasteiger partial charge < -0.3 is 5.11 Å². The van der Waals surface area contributed by atoms with Crippen LogP contribution in [-0.4, -0.2) is 16.9 Å². The molecule has 1 saturated carbocycles. The van der Waals surface area contributed by atoms with Crippen LogP contribution in [0.2, 0.25) is 0 Å². The number of hydrogen-bond acceptors (Lipinski definition) is 2. The molecule has 0 bridgehead atoms. The number of rotatable bonds is 2. The number of aliphatic carboxylic acids is 1. The summed E-state index contributed by atoms with van der Waals surface area (Å²) in [6.45, 7) is 1.49. The first-order chi connectivity index (χ1) is 5.63. The monoisotopic (exact) mass is 170 g/mol. The first-order valence-corrected chi connectivity index (χ1v) is 4.36. The molecule has 0 aromatic carbocycles. The molecule has 0 aliphatic heterocycles. The van der Waals surface area contributed by atoms with Crippen LogP contribution >= 0.6 is 0 Å². The second-order valence-electron chi connectivity index (χ2n) is 3.45. The highest BCUT2D eigenvalue weighted by atomic mass is 16.4. The molecule has 1 aliphatic carbocycles. The van der Waals surface area contributed by atoms with E-state index in [1.165, 1.54) is 6.92 Å². The number of Topliss-reactive ketones (excluding diaryl/α,β-unsaturated/α-hetero) is 1. The van der Waals surface area contributed by atoms with Crippen molar-refractivity contribution < 1.29 is 14.7 Å². The van der Waals surface area contributed by atoms with E-state index in [9.17, 15) is 9.59 Å². The van der Waals surface area contributed by atoms with Crippen molar-refractivity contribution in [2.75, 3.05) is 0 Å². The fourth-order valence-corrected chi connectivity index (χ4v) is 1.91. The Balaban J connectivity index is 2.67. The lowest BCUT2D eigenvalue weighted by molar-refractivity contribution is -0.148. The number of hydrogen-bond donors (Lipinski definition) is 1. The summed E-state index contributed by atoms with van der Waals surface area (Å²) in [5.74, 6) is -1.43. The highest BCUT2D eigenvalue weighted by Crippen LogP contribution is 2.30. The Morgan fingerprint density at radius 3 is 2.00 bits per heavy atom.